The predicted octanol–water partition coefficient (Wildman–Crippen LogP) is 7.89. The van der Waals surface area contributed by atoms with E-state index < -0.39 is 6.29 Å². The van der Waals surface area contributed by atoms with E-state index in [2.05, 4.69) is 76.3 Å². The number of unbranched alkanes of at least 4 members (excludes halogenated alkanes) is 2. The Morgan fingerprint density at radius 2 is 1.55 bits per heavy atom. The first-order valence-corrected chi connectivity index (χ1v) is 21.7. The second kappa shape index (κ2) is 20.2. The predicted molar refractivity (Wildman–Crippen MR) is 227 cm³/mol. The van der Waals surface area contributed by atoms with Gasteiger partial charge in [-0.25, -0.2) is 0 Å². The summed E-state index contributed by atoms with van der Waals surface area (Å²) in [5.74, 6) is 0.711. The van der Waals surface area contributed by atoms with Crippen LogP contribution in [0, 0.1) is 11.8 Å². The van der Waals surface area contributed by atoms with Crippen molar-refractivity contribution < 1.29 is 29.0 Å². The van der Waals surface area contributed by atoms with Gasteiger partial charge >= 0.3 is 0 Å². The van der Waals surface area contributed by atoms with Gasteiger partial charge in [0.05, 0.1) is 24.9 Å². The van der Waals surface area contributed by atoms with E-state index >= 15 is 0 Å². The van der Waals surface area contributed by atoms with E-state index in [4.69, 9.17) is 9.47 Å². The molecule has 0 radical (unpaired) electrons. The molecule has 314 valence electrons. The van der Waals surface area contributed by atoms with Crippen LogP contribution in [0.2, 0.25) is 0 Å². The molecule has 10 heteroatoms. The summed E-state index contributed by atoms with van der Waals surface area (Å²) in [7, 11) is 0. The van der Waals surface area contributed by atoms with Crippen molar-refractivity contribution in [2.45, 2.75) is 148 Å². The average molecular weight is 795 g/mol. The third-order valence-electron chi connectivity index (χ3n) is 12.2. The molecule has 3 amide bonds. The fourth-order valence-electron chi connectivity index (χ4n) is 9.10. The van der Waals surface area contributed by atoms with Crippen molar-refractivity contribution in [3.63, 3.8) is 0 Å². The summed E-state index contributed by atoms with van der Waals surface area (Å²) in [6, 6.07) is 24.8. The van der Waals surface area contributed by atoms with Gasteiger partial charge in [0.25, 0.3) is 0 Å². The molecule has 2 saturated heterocycles. The number of ether oxygens (including phenoxy) is 2. The lowest BCUT2D eigenvalue weighted by molar-refractivity contribution is -0.278. The van der Waals surface area contributed by atoms with E-state index in [9.17, 15) is 19.5 Å². The first-order chi connectivity index (χ1) is 27.9. The Hall–Kier alpha value is -4.09. The molecule has 1 aliphatic carbocycles. The van der Waals surface area contributed by atoms with Gasteiger partial charge in [0, 0.05) is 56.0 Å². The highest BCUT2D eigenvalue weighted by molar-refractivity contribution is 5.82. The van der Waals surface area contributed by atoms with Gasteiger partial charge in [0.15, 0.2) is 6.29 Å². The van der Waals surface area contributed by atoms with Gasteiger partial charge in [0.1, 0.15) is 0 Å². The molecule has 0 bridgehead atoms. The largest absolute Gasteiger partial charge is 0.392 e. The van der Waals surface area contributed by atoms with Gasteiger partial charge in [-0.3, -0.25) is 19.3 Å². The van der Waals surface area contributed by atoms with Crippen LogP contribution in [0.15, 0.2) is 72.8 Å². The number of likely N-dealkylation sites (tertiary alicyclic amines) is 1. The Balaban J connectivity index is 1.17. The number of carbonyl (C=O) groups excluding carboxylic acids is 3. The van der Waals surface area contributed by atoms with Gasteiger partial charge < -0.3 is 30.5 Å². The molecule has 0 unspecified atom stereocenters. The zero-order chi connectivity index (χ0) is 41.2. The highest BCUT2D eigenvalue weighted by atomic mass is 16.7. The van der Waals surface area contributed by atoms with Crippen LogP contribution in [0.1, 0.15) is 133 Å². The third kappa shape index (κ3) is 11.8. The second-order valence-electron chi connectivity index (χ2n) is 17.9. The number of benzene rings is 3. The molecule has 3 aliphatic rings. The quantitative estimate of drug-likeness (QED) is 0.115. The molecule has 3 fully saturated rings. The summed E-state index contributed by atoms with van der Waals surface area (Å²) in [6.45, 7) is 11.6. The van der Waals surface area contributed by atoms with Crippen LogP contribution in [0.25, 0.3) is 11.1 Å². The van der Waals surface area contributed by atoms with Gasteiger partial charge in [-0.15, -0.1) is 0 Å². The van der Waals surface area contributed by atoms with Crippen molar-refractivity contribution in [1.82, 2.24) is 20.9 Å². The summed E-state index contributed by atoms with van der Waals surface area (Å²) in [5, 5.41) is 18.9. The number of fused-ring (bicyclic) bond motifs is 1. The van der Waals surface area contributed by atoms with Crippen LogP contribution in [0.3, 0.4) is 0 Å². The molecule has 7 atom stereocenters. The van der Waals surface area contributed by atoms with Crippen molar-refractivity contribution in [2.24, 2.45) is 11.8 Å². The van der Waals surface area contributed by atoms with Crippen molar-refractivity contribution >= 4 is 17.7 Å². The van der Waals surface area contributed by atoms with Crippen LogP contribution in [0.5, 0.6) is 0 Å². The van der Waals surface area contributed by atoms with Crippen LogP contribution in [-0.2, 0) is 37.0 Å². The Kier molecular flexibility index (Phi) is 15.2. The minimum Gasteiger partial charge on any atom is -0.392 e. The Labute approximate surface area is 345 Å². The lowest BCUT2D eigenvalue weighted by Crippen LogP contribution is -2.61. The highest BCUT2D eigenvalue weighted by Gasteiger charge is 2.46. The molecule has 0 aromatic heterocycles. The molecule has 2 aliphatic heterocycles. The van der Waals surface area contributed by atoms with Gasteiger partial charge in [-0.1, -0.05) is 92.9 Å². The van der Waals surface area contributed by atoms with E-state index in [1.165, 1.54) is 26.2 Å². The molecule has 1 saturated carbocycles. The van der Waals surface area contributed by atoms with E-state index in [-0.39, 0.29) is 54.0 Å². The minimum atomic E-state index is -0.612. The summed E-state index contributed by atoms with van der Waals surface area (Å²) >= 11 is 0. The molecule has 4 N–H and O–H groups in total. The van der Waals surface area contributed by atoms with Crippen LogP contribution in [-0.4, -0.2) is 64.5 Å². The van der Waals surface area contributed by atoms with Crippen molar-refractivity contribution in [3.8, 4) is 11.1 Å². The lowest BCUT2D eigenvalue weighted by Gasteiger charge is -2.51. The summed E-state index contributed by atoms with van der Waals surface area (Å²) in [6.07, 6.45) is 8.66. The second-order valence-corrected chi connectivity index (χ2v) is 17.9. The molecule has 0 spiro atoms. The molecule has 10 nitrogen and oxygen atoms in total. The molecule has 6 rings (SSSR count). The van der Waals surface area contributed by atoms with Crippen molar-refractivity contribution in [3.05, 3.63) is 95.1 Å². The van der Waals surface area contributed by atoms with Gasteiger partial charge in [-0.05, 0) is 99.1 Å². The Bertz CT molecular complexity index is 1810. The van der Waals surface area contributed by atoms with Crippen molar-refractivity contribution in [1.29, 1.82) is 0 Å². The van der Waals surface area contributed by atoms with Crippen LogP contribution < -0.4 is 16.0 Å². The monoisotopic (exact) mass is 794 g/mol. The number of nitrogens with zero attached hydrogens (tertiary/aromatic N) is 1. The van der Waals surface area contributed by atoms with Crippen LogP contribution in [0.4, 0.5) is 0 Å². The number of carbonyl (C=O) groups is 3. The lowest BCUT2D eigenvalue weighted by atomic mass is 9.75. The number of piperidine rings is 1. The molecule has 58 heavy (non-hydrogen) atoms. The summed E-state index contributed by atoms with van der Waals surface area (Å²) in [4.78, 5) is 40.0. The number of aliphatic hydroxyl groups excluding tert-OH is 1. The normalized spacial score (nSPS) is 25.0. The fraction of sp³-hybridized carbons (Fsp3) is 0.562. The van der Waals surface area contributed by atoms with E-state index in [1.54, 1.807) is 0 Å². The van der Waals surface area contributed by atoms with Crippen LogP contribution >= 0.6 is 0 Å². The molecule has 2 heterocycles. The highest BCUT2D eigenvalue weighted by Crippen LogP contribution is 2.44. The zero-order valence-electron chi connectivity index (χ0n) is 35.3. The third-order valence-corrected chi connectivity index (χ3v) is 12.2. The SMILES string of the molecule is CC(=O)NCCCCCC(=O)NCc1cccc(-c2ccc([C@H]3O[C@@H](CN4[C@@H](C(=O)NC(C)(C)C)CC[C@H]5CCCC[C@H]54)[C@@H](C)[C@@H](c4ccc(CO)cc4)O3)cc2)c1. The number of aliphatic hydroxyl groups is 1. The smallest absolute Gasteiger partial charge is 0.237 e. The molecular formula is C48H66N4O6. The maximum absolute atomic E-state index is 13.9. The minimum absolute atomic E-state index is 0.00377. The Morgan fingerprint density at radius 1 is 0.810 bits per heavy atom. The van der Waals surface area contributed by atoms with Gasteiger partial charge in [0.2, 0.25) is 17.7 Å². The number of amides is 3. The first-order valence-electron chi connectivity index (χ1n) is 21.7. The standard InChI is InChI=1S/C48H66N4O6/c1-32-43(30-52-41-15-9-8-13-37(41)25-26-42(52)46(56)51-48(3,4)5)57-47(58-45(32)38-19-17-34(31-53)18-20-38)39-23-21-36(22-24-39)40-14-11-12-35(28-40)29-50-44(55)16-7-6-10-27-49-33(2)54/h11-12,14,17-24,28,32,37,41-43,45,47,53H,6-10,13,15-16,25-27,29-31H2,1-5H3,(H,49,54)(H,50,55)(H,51,56)/t32-,37-,41-,42-,43+,45+,47+/m1/s1. The maximum Gasteiger partial charge on any atom is 0.237 e. The zero-order valence-corrected chi connectivity index (χ0v) is 35.3. The number of hydrogen-bond acceptors (Lipinski definition) is 7. The van der Waals surface area contributed by atoms with E-state index in [0.717, 1.165) is 71.9 Å². The number of nitrogens with one attached hydrogen (secondary N) is 3. The van der Waals surface area contributed by atoms with Gasteiger partial charge in [-0.2, -0.15) is 0 Å². The Morgan fingerprint density at radius 3 is 2.28 bits per heavy atom. The number of rotatable bonds is 15. The molecule has 3 aromatic carbocycles. The summed E-state index contributed by atoms with van der Waals surface area (Å²) < 4.78 is 13.8. The van der Waals surface area contributed by atoms with E-state index in [1.807, 2.05) is 45.0 Å². The first kappa shape index (κ1) is 43.5. The number of hydrogen-bond donors (Lipinski definition) is 4. The fourth-order valence-corrected chi connectivity index (χ4v) is 9.10. The van der Waals surface area contributed by atoms with Crippen molar-refractivity contribution in [2.75, 3.05) is 13.1 Å². The molecular weight excluding hydrogens is 729 g/mol. The van der Waals surface area contributed by atoms with E-state index in [0.29, 0.717) is 38.0 Å². The average Bonchev–Trinajstić information content (AvgIpc) is 3.21. The molecule has 3 aromatic rings. The summed E-state index contributed by atoms with van der Waals surface area (Å²) in [5.41, 5.74) is 5.65. The topological polar surface area (TPSA) is 129 Å². The maximum atomic E-state index is 13.9.